The van der Waals surface area contributed by atoms with Gasteiger partial charge in [-0.25, -0.2) is 9.97 Å². The zero-order valence-electron chi connectivity index (χ0n) is 13.2. The molecule has 112 valence electrons. The molecule has 4 heteroatoms. The van der Waals surface area contributed by atoms with E-state index in [-0.39, 0.29) is 6.10 Å². The highest BCUT2D eigenvalue weighted by Gasteiger charge is 2.20. The molecule has 0 fully saturated rings. The van der Waals surface area contributed by atoms with Crippen molar-refractivity contribution < 1.29 is 4.74 Å². The minimum atomic E-state index is -0.228. The standard InChI is InChI=1S/C17H23N3O/c1-5-14-12(3)16(18-4)20-17(19-14)15(21-6-2)13-10-8-7-9-11-13/h7-11,15H,5-6H2,1-4H3,(H,18,19,20). The molecule has 2 rings (SSSR count). The van der Waals surface area contributed by atoms with Crippen molar-refractivity contribution in [3.05, 3.63) is 53.0 Å². The molecule has 1 unspecified atom stereocenters. The first-order valence-electron chi connectivity index (χ1n) is 7.42. The molecule has 0 spiro atoms. The molecule has 0 aliphatic carbocycles. The van der Waals surface area contributed by atoms with E-state index in [9.17, 15) is 0 Å². The number of ether oxygens (including phenoxy) is 1. The second kappa shape index (κ2) is 7.18. The maximum Gasteiger partial charge on any atom is 0.164 e. The Labute approximate surface area is 126 Å². The van der Waals surface area contributed by atoms with E-state index in [0.29, 0.717) is 6.61 Å². The van der Waals surface area contributed by atoms with Gasteiger partial charge in [-0.3, -0.25) is 0 Å². The fourth-order valence-electron chi connectivity index (χ4n) is 2.40. The van der Waals surface area contributed by atoms with Gasteiger partial charge in [0.05, 0.1) is 0 Å². The molecule has 21 heavy (non-hydrogen) atoms. The van der Waals surface area contributed by atoms with Gasteiger partial charge in [0.25, 0.3) is 0 Å². The molecule has 1 aromatic carbocycles. The van der Waals surface area contributed by atoms with E-state index in [1.807, 2.05) is 51.2 Å². The van der Waals surface area contributed by atoms with Crippen molar-refractivity contribution in [2.24, 2.45) is 0 Å². The lowest BCUT2D eigenvalue weighted by Gasteiger charge is -2.19. The van der Waals surface area contributed by atoms with Crippen molar-refractivity contribution in [2.75, 3.05) is 19.0 Å². The molecule has 0 saturated carbocycles. The van der Waals surface area contributed by atoms with Gasteiger partial charge >= 0.3 is 0 Å². The van der Waals surface area contributed by atoms with E-state index in [2.05, 4.69) is 17.2 Å². The van der Waals surface area contributed by atoms with Gasteiger partial charge in [-0.2, -0.15) is 0 Å². The number of anilines is 1. The third-order valence-corrected chi connectivity index (χ3v) is 3.51. The summed E-state index contributed by atoms with van der Waals surface area (Å²) < 4.78 is 5.90. The lowest BCUT2D eigenvalue weighted by molar-refractivity contribution is 0.0850. The number of nitrogens with zero attached hydrogens (tertiary/aromatic N) is 2. The Bertz CT molecular complexity index is 559. The SMILES string of the molecule is CCOC(c1ccccc1)c1nc(CC)c(C)c(NC)n1. The summed E-state index contributed by atoms with van der Waals surface area (Å²) in [4.78, 5) is 9.37. The van der Waals surface area contributed by atoms with E-state index in [0.717, 1.165) is 34.9 Å². The molecule has 4 nitrogen and oxygen atoms in total. The van der Waals surface area contributed by atoms with Crippen LogP contribution in [0.4, 0.5) is 5.82 Å². The normalized spacial score (nSPS) is 12.2. The van der Waals surface area contributed by atoms with E-state index >= 15 is 0 Å². The molecule has 0 aliphatic heterocycles. The quantitative estimate of drug-likeness (QED) is 0.882. The van der Waals surface area contributed by atoms with Crippen LogP contribution in [0.15, 0.2) is 30.3 Å². The van der Waals surface area contributed by atoms with Crippen LogP contribution in [-0.2, 0) is 11.2 Å². The number of hydrogen-bond acceptors (Lipinski definition) is 4. The molecule has 0 saturated heterocycles. The maximum atomic E-state index is 5.90. The van der Waals surface area contributed by atoms with Gasteiger partial charge in [0.2, 0.25) is 0 Å². The second-order valence-electron chi connectivity index (χ2n) is 4.85. The topological polar surface area (TPSA) is 47.0 Å². The fourth-order valence-corrected chi connectivity index (χ4v) is 2.40. The van der Waals surface area contributed by atoms with Crippen molar-refractivity contribution in [2.45, 2.75) is 33.3 Å². The molecule has 1 atom stereocenters. The zero-order valence-corrected chi connectivity index (χ0v) is 13.2. The fraction of sp³-hybridized carbons (Fsp3) is 0.412. The average Bonchev–Trinajstić information content (AvgIpc) is 2.54. The maximum absolute atomic E-state index is 5.90. The third-order valence-electron chi connectivity index (χ3n) is 3.51. The van der Waals surface area contributed by atoms with Crippen molar-refractivity contribution in [1.29, 1.82) is 0 Å². The third kappa shape index (κ3) is 3.39. The smallest absolute Gasteiger partial charge is 0.164 e. The van der Waals surface area contributed by atoms with Crippen molar-refractivity contribution in [1.82, 2.24) is 9.97 Å². The van der Waals surface area contributed by atoms with Crippen LogP contribution in [0.3, 0.4) is 0 Å². The van der Waals surface area contributed by atoms with Crippen LogP contribution < -0.4 is 5.32 Å². The molecule has 1 N–H and O–H groups in total. The molecule has 0 bridgehead atoms. The zero-order chi connectivity index (χ0) is 15.2. The van der Waals surface area contributed by atoms with Crippen molar-refractivity contribution in [3.8, 4) is 0 Å². The van der Waals surface area contributed by atoms with E-state index in [1.54, 1.807) is 0 Å². The summed E-state index contributed by atoms with van der Waals surface area (Å²) in [6, 6.07) is 10.1. The first-order valence-corrected chi connectivity index (χ1v) is 7.42. The highest BCUT2D eigenvalue weighted by Crippen LogP contribution is 2.26. The molecular weight excluding hydrogens is 262 g/mol. The Hall–Kier alpha value is -1.94. The summed E-state index contributed by atoms with van der Waals surface area (Å²) in [5.41, 5.74) is 3.24. The van der Waals surface area contributed by atoms with Crippen LogP contribution in [0.2, 0.25) is 0 Å². The number of benzene rings is 1. The van der Waals surface area contributed by atoms with Crippen molar-refractivity contribution in [3.63, 3.8) is 0 Å². The van der Waals surface area contributed by atoms with Gasteiger partial charge in [0, 0.05) is 24.9 Å². The van der Waals surface area contributed by atoms with E-state index in [1.165, 1.54) is 0 Å². The summed E-state index contributed by atoms with van der Waals surface area (Å²) in [6.07, 6.45) is 0.651. The average molecular weight is 285 g/mol. The van der Waals surface area contributed by atoms with Gasteiger partial charge < -0.3 is 10.1 Å². The van der Waals surface area contributed by atoms with Gasteiger partial charge in [-0.1, -0.05) is 37.3 Å². The first-order chi connectivity index (χ1) is 10.2. The largest absolute Gasteiger partial charge is 0.373 e. The number of nitrogens with one attached hydrogen (secondary N) is 1. The van der Waals surface area contributed by atoms with Gasteiger partial charge in [-0.15, -0.1) is 0 Å². The minimum absolute atomic E-state index is 0.228. The summed E-state index contributed by atoms with van der Waals surface area (Å²) in [6.45, 7) is 6.76. The number of aromatic nitrogens is 2. The molecule has 0 radical (unpaired) electrons. The molecule has 1 heterocycles. The van der Waals surface area contributed by atoms with E-state index < -0.39 is 0 Å². The number of hydrogen-bond donors (Lipinski definition) is 1. The molecular formula is C17H23N3O. The first kappa shape index (κ1) is 15.4. The molecule has 2 aromatic rings. The monoisotopic (exact) mass is 285 g/mol. The van der Waals surface area contributed by atoms with Crippen LogP contribution in [0.1, 0.15) is 42.6 Å². The van der Waals surface area contributed by atoms with Gasteiger partial charge in [0.15, 0.2) is 5.82 Å². The Morgan fingerprint density at radius 3 is 2.43 bits per heavy atom. The Morgan fingerprint density at radius 1 is 1.14 bits per heavy atom. The summed E-state index contributed by atoms with van der Waals surface area (Å²) in [5.74, 6) is 1.59. The van der Waals surface area contributed by atoms with Crippen LogP contribution in [0.5, 0.6) is 0 Å². The predicted molar refractivity (Wildman–Crippen MR) is 85.6 cm³/mol. The van der Waals surface area contributed by atoms with Gasteiger partial charge in [-0.05, 0) is 25.8 Å². The Morgan fingerprint density at radius 2 is 1.86 bits per heavy atom. The molecule has 0 aliphatic rings. The molecule has 1 aromatic heterocycles. The minimum Gasteiger partial charge on any atom is -0.373 e. The number of rotatable bonds is 6. The van der Waals surface area contributed by atoms with E-state index in [4.69, 9.17) is 9.72 Å². The second-order valence-corrected chi connectivity index (χ2v) is 4.85. The highest BCUT2D eigenvalue weighted by atomic mass is 16.5. The van der Waals surface area contributed by atoms with Gasteiger partial charge in [0.1, 0.15) is 11.9 Å². The van der Waals surface area contributed by atoms with Crippen LogP contribution in [-0.4, -0.2) is 23.6 Å². The molecule has 0 amide bonds. The Kier molecular flexibility index (Phi) is 5.28. The summed E-state index contributed by atoms with van der Waals surface area (Å²) in [7, 11) is 1.89. The lowest BCUT2D eigenvalue weighted by Crippen LogP contribution is -2.14. The van der Waals surface area contributed by atoms with Crippen LogP contribution in [0.25, 0.3) is 0 Å². The lowest BCUT2D eigenvalue weighted by atomic mass is 10.1. The summed E-state index contributed by atoms with van der Waals surface area (Å²) >= 11 is 0. The predicted octanol–water partition coefficient (Wildman–Crippen LogP) is 3.52. The Balaban J connectivity index is 2.50. The van der Waals surface area contributed by atoms with Crippen LogP contribution in [0, 0.1) is 6.92 Å². The van der Waals surface area contributed by atoms with Crippen LogP contribution >= 0.6 is 0 Å². The van der Waals surface area contributed by atoms with Crippen molar-refractivity contribution >= 4 is 5.82 Å². The number of aryl methyl sites for hydroxylation is 1. The highest BCUT2D eigenvalue weighted by molar-refractivity contribution is 5.46. The summed E-state index contributed by atoms with van der Waals surface area (Å²) in [5, 5.41) is 3.15.